The van der Waals surface area contributed by atoms with E-state index in [0.717, 1.165) is 37.7 Å². The van der Waals surface area contributed by atoms with E-state index in [9.17, 15) is 4.79 Å². The van der Waals surface area contributed by atoms with Crippen molar-refractivity contribution >= 4 is 17.5 Å². The molecule has 1 N–H and O–H groups in total. The van der Waals surface area contributed by atoms with Crippen LogP contribution in [-0.4, -0.2) is 5.91 Å². The molecule has 1 fully saturated rings. The van der Waals surface area contributed by atoms with Crippen LogP contribution in [0.1, 0.15) is 48.4 Å². The molecule has 0 heterocycles. The summed E-state index contributed by atoms with van der Waals surface area (Å²) in [5.41, 5.74) is 3.39. The Balaban J connectivity index is 1.57. The van der Waals surface area contributed by atoms with Gasteiger partial charge >= 0.3 is 0 Å². The molecule has 0 saturated heterocycles. The van der Waals surface area contributed by atoms with Crippen molar-refractivity contribution in [1.82, 2.24) is 5.32 Å². The quantitative estimate of drug-likeness (QED) is 0.880. The van der Waals surface area contributed by atoms with E-state index in [0.29, 0.717) is 5.02 Å². The standard InChI is InChI=1S/C20H20ClNO/c21-16-9-7-15(8-10-16)20(12-3-13-20)19(23)22-18-11-6-14-4-1-2-5-17(14)18/h1-2,4-5,7-10,18H,3,6,11-13H2,(H,22,23). The second-order valence-electron chi connectivity index (χ2n) is 6.71. The Morgan fingerprint density at radius 2 is 1.83 bits per heavy atom. The van der Waals surface area contributed by atoms with Crippen LogP contribution in [0.25, 0.3) is 0 Å². The fourth-order valence-corrected chi connectivity index (χ4v) is 4.08. The van der Waals surface area contributed by atoms with Gasteiger partial charge in [-0.2, -0.15) is 0 Å². The molecule has 23 heavy (non-hydrogen) atoms. The lowest BCUT2D eigenvalue weighted by atomic mass is 9.63. The number of amides is 1. The van der Waals surface area contributed by atoms with Crippen LogP contribution < -0.4 is 5.32 Å². The predicted molar refractivity (Wildman–Crippen MR) is 92.6 cm³/mol. The molecule has 0 aliphatic heterocycles. The van der Waals surface area contributed by atoms with Crippen LogP contribution in [0.15, 0.2) is 48.5 Å². The van der Waals surface area contributed by atoms with E-state index in [1.165, 1.54) is 11.1 Å². The summed E-state index contributed by atoms with van der Waals surface area (Å²) in [7, 11) is 0. The Kier molecular flexibility index (Phi) is 3.65. The molecule has 1 unspecified atom stereocenters. The molecule has 1 atom stereocenters. The number of carbonyl (C=O) groups excluding carboxylic acids is 1. The number of hydrogen-bond acceptors (Lipinski definition) is 1. The molecule has 0 bridgehead atoms. The highest BCUT2D eigenvalue weighted by atomic mass is 35.5. The Hall–Kier alpha value is -1.80. The van der Waals surface area contributed by atoms with Gasteiger partial charge in [-0.25, -0.2) is 0 Å². The van der Waals surface area contributed by atoms with Gasteiger partial charge in [-0.1, -0.05) is 54.4 Å². The smallest absolute Gasteiger partial charge is 0.231 e. The van der Waals surface area contributed by atoms with Crippen molar-refractivity contribution in [2.24, 2.45) is 0 Å². The summed E-state index contributed by atoms with van der Waals surface area (Å²) in [5, 5.41) is 4.04. The first-order valence-electron chi connectivity index (χ1n) is 8.34. The summed E-state index contributed by atoms with van der Waals surface area (Å²) in [6.07, 6.45) is 5.01. The van der Waals surface area contributed by atoms with Gasteiger partial charge in [0.15, 0.2) is 0 Å². The van der Waals surface area contributed by atoms with Crippen LogP contribution in [0, 0.1) is 0 Å². The van der Waals surface area contributed by atoms with Gasteiger partial charge in [0.1, 0.15) is 0 Å². The number of benzene rings is 2. The maximum Gasteiger partial charge on any atom is 0.231 e. The number of nitrogens with one attached hydrogen (secondary N) is 1. The molecule has 2 aromatic rings. The third-order valence-corrected chi connectivity index (χ3v) is 5.73. The zero-order valence-corrected chi connectivity index (χ0v) is 13.8. The third-order valence-electron chi connectivity index (χ3n) is 5.48. The van der Waals surface area contributed by atoms with Gasteiger partial charge in [0.2, 0.25) is 5.91 Å². The van der Waals surface area contributed by atoms with Gasteiger partial charge < -0.3 is 5.32 Å². The largest absolute Gasteiger partial charge is 0.349 e. The highest BCUT2D eigenvalue weighted by molar-refractivity contribution is 6.30. The first-order valence-corrected chi connectivity index (χ1v) is 8.72. The van der Waals surface area contributed by atoms with E-state index in [1.54, 1.807) is 0 Å². The fraction of sp³-hybridized carbons (Fsp3) is 0.350. The maximum atomic E-state index is 13.1. The first kappa shape index (κ1) is 14.8. The number of fused-ring (bicyclic) bond motifs is 1. The number of hydrogen-bond donors (Lipinski definition) is 1. The summed E-state index contributed by atoms with van der Waals surface area (Å²) >= 11 is 6.00. The van der Waals surface area contributed by atoms with E-state index in [2.05, 4.69) is 29.6 Å². The minimum absolute atomic E-state index is 0.156. The van der Waals surface area contributed by atoms with Crippen molar-refractivity contribution in [3.05, 3.63) is 70.2 Å². The number of aryl methyl sites for hydroxylation is 1. The van der Waals surface area contributed by atoms with Crippen LogP contribution in [0.2, 0.25) is 5.02 Å². The average molecular weight is 326 g/mol. The summed E-state index contributed by atoms with van der Waals surface area (Å²) in [4.78, 5) is 13.1. The predicted octanol–water partition coefficient (Wildman–Crippen LogP) is 4.57. The summed E-state index contributed by atoms with van der Waals surface area (Å²) in [6, 6.07) is 16.4. The molecule has 118 valence electrons. The Morgan fingerprint density at radius 3 is 2.52 bits per heavy atom. The van der Waals surface area contributed by atoms with Crippen molar-refractivity contribution in [3.8, 4) is 0 Å². The Labute approximate surface area is 141 Å². The lowest BCUT2D eigenvalue weighted by Crippen LogP contribution is -2.49. The number of carbonyl (C=O) groups is 1. The molecule has 0 radical (unpaired) electrons. The Morgan fingerprint density at radius 1 is 1.09 bits per heavy atom. The lowest BCUT2D eigenvalue weighted by molar-refractivity contribution is -0.130. The monoisotopic (exact) mass is 325 g/mol. The molecule has 0 aromatic heterocycles. The molecule has 3 heteroatoms. The third kappa shape index (κ3) is 2.46. The van der Waals surface area contributed by atoms with Crippen LogP contribution in [0.4, 0.5) is 0 Å². The zero-order valence-electron chi connectivity index (χ0n) is 13.0. The summed E-state index contributed by atoms with van der Waals surface area (Å²) in [6.45, 7) is 0. The molecule has 2 aromatic carbocycles. The molecule has 1 saturated carbocycles. The van der Waals surface area contributed by atoms with E-state index >= 15 is 0 Å². The van der Waals surface area contributed by atoms with E-state index in [1.807, 2.05) is 24.3 Å². The first-order chi connectivity index (χ1) is 11.2. The van der Waals surface area contributed by atoms with Gasteiger partial charge in [0.05, 0.1) is 11.5 Å². The molecule has 4 rings (SSSR count). The van der Waals surface area contributed by atoms with Crippen LogP contribution in [-0.2, 0) is 16.6 Å². The number of rotatable bonds is 3. The molecule has 0 spiro atoms. The van der Waals surface area contributed by atoms with Crippen LogP contribution in [0.5, 0.6) is 0 Å². The van der Waals surface area contributed by atoms with Crippen molar-refractivity contribution in [1.29, 1.82) is 0 Å². The van der Waals surface area contributed by atoms with Gasteiger partial charge in [0.25, 0.3) is 0 Å². The fourth-order valence-electron chi connectivity index (χ4n) is 3.95. The minimum Gasteiger partial charge on any atom is -0.349 e. The van der Waals surface area contributed by atoms with Crippen molar-refractivity contribution in [2.75, 3.05) is 0 Å². The topological polar surface area (TPSA) is 29.1 Å². The minimum atomic E-state index is -0.359. The second kappa shape index (κ2) is 5.68. The van der Waals surface area contributed by atoms with Crippen molar-refractivity contribution in [3.63, 3.8) is 0 Å². The van der Waals surface area contributed by atoms with Crippen LogP contribution >= 0.6 is 11.6 Å². The highest BCUT2D eigenvalue weighted by Gasteiger charge is 2.46. The van der Waals surface area contributed by atoms with Gasteiger partial charge in [-0.15, -0.1) is 0 Å². The lowest BCUT2D eigenvalue weighted by Gasteiger charge is -2.41. The van der Waals surface area contributed by atoms with Crippen molar-refractivity contribution in [2.45, 2.75) is 43.6 Å². The molecule has 1 amide bonds. The zero-order chi connectivity index (χ0) is 15.9. The van der Waals surface area contributed by atoms with Gasteiger partial charge in [0, 0.05) is 5.02 Å². The SMILES string of the molecule is O=C(NC1CCc2ccccc21)C1(c2ccc(Cl)cc2)CCC1. The molecule has 2 aliphatic rings. The summed E-state index contributed by atoms with van der Waals surface area (Å²) in [5.74, 6) is 0.174. The normalized spacial score (nSPS) is 21.3. The summed E-state index contributed by atoms with van der Waals surface area (Å²) < 4.78 is 0. The molecule has 2 aliphatic carbocycles. The number of halogens is 1. The molecular weight excluding hydrogens is 306 g/mol. The van der Waals surface area contributed by atoms with Crippen molar-refractivity contribution < 1.29 is 4.79 Å². The second-order valence-corrected chi connectivity index (χ2v) is 7.14. The van der Waals surface area contributed by atoms with Crippen LogP contribution in [0.3, 0.4) is 0 Å². The van der Waals surface area contributed by atoms with Gasteiger partial charge in [-0.05, 0) is 54.5 Å². The Bertz CT molecular complexity index is 734. The van der Waals surface area contributed by atoms with E-state index < -0.39 is 0 Å². The van der Waals surface area contributed by atoms with E-state index in [4.69, 9.17) is 11.6 Å². The van der Waals surface area contributed by atoms with E-state index in [-0.39, 0.29) is 17.4 Å². The molecular formula is C20H20ClNO. The average Bonchev–Trinajstić information content (AvgIpc) is 2.91. The molecule has 2 nitrogen and oxygen atoms in total. The van der Waals surface area contributed by atoms with Gasteiger partial charge in [-0.3, -0.25) is 4.79 Å². The maximum absolute atomic E-state index is 13.1. The highest BCUT2D eigenvalue weighted by Crippen LogP contribution is 2.45.